The Morgan fingerprint density at radius 3 is 2.27 bits per heavy atom. The van der Waals surface area contributed by atoms with E-state index in [2.05, 4.69) is 52.4 Å². The fourth-order valence-corrected chi connectivity index (χ4v) is 3.66. The van der Waals surface area contributed by atoms with E-state index in [1.54, 1.807) is 0 Å². The van der Waals surface area contributed by atoms with Gasteiger partial charge in [-0.05, 0) is 37.3 Å². The number of halogens is 1. The fourth-order valence-electron chi connectivity index (χ4n) is 3.48. The maximum Gasteiger partial charge on any atom is 0.229 e. The number of hydrogen-bond donors (Lipinski definition) is 1. The van der Waals surface area contributed by atoms with Crippen LogP contribution in [0, 0.1) is 6.92 Å². The third-order valence-electron chi connectivity index (χ3n) is 5.22. The molecular weight excluding hydrogens is 396 g/mol. The summed E-state index contributed by atoms with van der Waals surface area (Å²) < 4.78 is 0. The summed E-state index contributed by atoms with van der Waals surface area (Å²) >= 11 is 6.16. The minimum absolute atomic E-state index is 0.751. The minimum atomic E-state index is 0.751. The van der Waals surface area contributed by atoms with E-state index in [4.69, 9.17) is 21.6 Å². The Bertz CT molecular complexity index is 997. The monoisotopic (exact) mass is 422 g/mol. The molecule has 1 fully saturated rings. The smallest absolute Gasteiger partial charge is 0.229 e. The molecule has 156 valence electrons. The van der Waals surface area contributed by atoms with E-state index < -0.39 is 0 Å². The number of hydrogen-bond acceptors (Lipinski definition) is 6. The summed E-state index contributed by atoms with van der Waals surface area (Å²) in [6.07, 6.45) is 0. The summed E-state index contributed by atoms with van der Waals surface area (Å²) in [6.45, 7) is 5.59. The van der Waals surface area contributed by atoms with Crippen LogP contribution in [0.15, 0.2) is 54.6 Å². The third-order valence-corrected chi connectivity index (χ3v) is 5.45. The van der Waals surface area contributed by atoms with Gasteiger partial charge in [0.05, 0.1) is 0 Å². The van der Waals surface area contributed by atoms with Crippen LogP contribution in [-0.4, -0.2) is 50.2 Å². The molecule has 0 unspecified atom stereocenters. The lowest BCUT2D eigenvalue weighted by atomic mass is 10.2. The Labute approximate surface area is 183 Å². The highest BCUT2D eigenvalue weighted by Crippen LogP contribution is 2.25. The number of nitrogens with zero attached hydrogens (tertiary/aromatic N) is 5. The molecule has 1 aromatic heterocycles. The third kappa shape index (κ3) is 4.76. The number of piperazine rings is 1. The molecule has 7 heteroatoms. The normalized spacial score (nSPS) is 14.0. The van der Waals surface area contributed by atoms with Gasteiger partial charge in [-0.3, -0.25) is 0 Å². The van der Waals surface area contributed by atoms with Gasteiger partial charge < -0.3 is 20.0 Å². The lowest BCUT2D eigenvalue weighted by molar-refractivity contribution is 0.640. The molecule has 1 saturated heterocycles. The summed E-state index contributed by atoms with van der Waals surface area (Å²) in [5, 5.41) is 4.18. The summed E-state index contributed by atoms with van der Waals surface area (Å²) in [5.41, 5.74) is 3.41. The van der Waals surface area contributed by atoms with Crippen LogP contribution in [0.4, 0.5) is 29.0 Å². The van der Waals surface area contributed by atoms with Gasteiger partial charge in [-0.25, -0.2) is 0 Å². The average Bonchev–Trinajstić information content (AvgIpc) is 2.75. The first-order valence-corrected chi connectivity index (χ1v) is 10.5. The number of benzene rings is 2. The van der Waals surface area contributed by atoms with Crippen LogP contribution in [0.1, 0.15) is 5.56 Å². The van der Waals surface area contributed by atoms with Gasteiger partial charge in [0.1, 0.15) is 11.6 Å². The number of nitrogens with one attached hydrogen (secondary N) is 1. The maximum absolute atomic E-state index is 6.16. The van der Waals surface area contributed by atoms with Gasteiger partial charge in [0.2, 0.25) is 5.95 Å². The number of aromatic nitrogens is 2. The molecule has 1 N–H and O–H groups in total. The highest BCUT2D eigenvalue weighted by molar-refractivity contribution is 6.30. The Morgan fingerprint density at radius 1 is 0.900 bits per heavy atom. The van der Waals surface area contributed by atoms with Crippen molar-refractivity contribution in [2.45, 2.75) is 6.92 Å². The molecule has 0 aliphatic carbocycles. The molecule has 30 heavy (non-hydrogen) atoms. The second-order valence-electron chi connectivity index (χ2n) is 7.75. The molecule has 3 aromatic rings. The van der Waals surface area contributed by atoms with Crippen molar-refractivity contribution in [3.8, 4) is 0 Å². The van der Waals surface area contributed by atoms with E-state index in [1.807, 2.05) is 43.3 Å². The van der Waals surface area contributed by atoms with Crippen LogP contribution in [0.25, 0.3) is 0 Å². The van der Waals surface area contributed by atoms with Crippen molar-refractivity contribution in [1.82, 2.24) is 9.97 Å². The summed E-state index contributed by atoms with van der Waals surface area (Å²) in [6, 6.07) is 18.3. The molecule has 0 bridgehead atoms. The summed E-state index contributed by atoms with van der Waals surface area (Å²) in [4.78, 5) is 16.2. The molecule has 4 rings (SSSR count). The fraction of sp³-hybridized carbons (Fsp3) is 0.304. The van der Waals surface area contributed by atoms with E-state index in [0.717, 1.165) is 60.2 Å². The van der Waals surface area contributed by atoms with Gasteiger partial charge in [0.25, 0.3) is 0 Å². The number of rotatable bonds is 5. The molecule has 0 atom stereocenters. The Balaban J connectivity index is 1.52. The number of aryl methyl sites for hydroxylation is 1. The molecule has 2 aromatic carbocycles. The van der Waals surface area contributed by atoms with E-state index >= 15 is 0 Å². The molecule has 1 aliphatic heterocycles. The van der Waals surface area contributed by atoms with Gasteiger partial charge in [0, 0.05) is 62.7 Å². The topological polar surface area (TPSA) is 47.5 Å². The van der Waals surface area contributed by atoms with E-state index in [0.29, 0.717) is 0 Å². The molecule has 1 aliphatic rings. The molecule has 0 amide bonds. The minimum Gasteiger partial charge on any atom is -0.368 e. The molecule has 0 saturated carbocycles. The average molecular weight is 423 g/mol. The van der Waals surface area contributed by atoms with Crippen LogP contribution >= 0.6 is 11.6 Å². The van der Waals surface area contributed by atoms with Gasteiger partial charge in [-0.2, -0.15) is 9.97 Å². The van der Waals surface area contributed by atoms with Crippen LogP contribution in [-0.2, 0) is 0 Å². The highest BCUT2D eigenvalue weighted by atomic mass is 35.5. The molecule has 6 nitrogen and oxygen atoms in total. The lowest BCUT2D eigenvalue weighted by Crippen LogP contribution is -2.47. The van der Waals surface area contributed by atoms with E-state index in [-0.39, 0.29) is 0 Å². The second-order valence-corrected chi connectivity index (χ2v) is 8.19. The van der Waals surface area contributed by atoms with Gasteiger partial charge >= 0.3 is 0 Å². The Morgan fingerprint density at radius 2 is 1.60 bits per heavy atom. The Kier molecular flexibility index (Phi) is 5.95. The zero-order chi connectivity index (χ0) is 21.1. The van der Waals surface area contributed by atoms with Crippen molar-refractivity contribution in [2.75, 3.05) is 60.3 Å². The van der Waals surface area contributed by atoms with Crippen molar-refractivity contribution >= 4 is 40.6 Å². The van der Waals surface area contributed by atoms with Crippen molar-refractivity contribution < 1.29 is 0 Å². The van der Waals surface area contributed by atoms with Crippen LogP contribution in [0.2, 0.25) is 5.02 Å². The van der Waals surface area contributed by atoms with E-state index in [9.17, 15) is 0 Å². The van der Waals surface area contributed by atoms with Gasteiger partial charge in [-0.15, -0.1) is 0 Å². The van der Waals surface area contributed by atoms with Crippen molar-refractivity contribution in [3.63, 3.8) is 0 Å². The zero-order valence-electron chi connectivity index (χ0n) is 17.6. The van der Waals surface area contributed by atoms with Crippen molar-refractivity contribution in [2.24, 2.45) is 0 Å². The van der Waals surface area contributed by atoms with Crippen LogP contribution in [0.3, 0.4) is 0 Å². The maximum atomic E-state index is 6.16. The summed E-state index contributed by atoms with van der Waals surface area (Å²) in [5.74, 6) is 2.43. The SMILES string of the molecule is Cc1ccc(Nc2cc(N(C)C)nc(N3CCN(c4cccc(Cl)c4)CC3)n2)cc1. The van der Waals surface area contributed by atoms with Gasteiger partial charge in [0.15, 0.2) is 0 Å². The molecule has 2 heterocycles. The van der Waals surface area contributed by atoms with Crippen LogP contribution in [0.5, 0.6) is 0 Å². The van der Waals surface area contributed by atoms with Gasteiger partial charge in [-0.1, -0.05) is 35.4 Å². The first-order chi connectivity index (χ1) is 14.5. The van der Waals surface area contributed by atoms with Crippen LogP contribution < -0.4 is 20.0 Å². The predicted octanol–water partition coefficient (Wildman–Crippen LogP) is 4.57. The molecule has 0 spiro atoms. The predicted molar refractivity (Wildman–Crippen MR) is 127 cm³/mol. The molecule has 0 radical (unpaired) electrons. The standard InChI is InChI=1S/C23H27ClN6/c1-17-7-9-19(10-8-17)25-21-16-22(28(2)3)27-23(26-21)30-13-11-29(12-14-30)20-6-4-5-18(24)15-20/h4-10,15-16H,11-14H2,1-3H3,(H,25,26,27). The first-order valence-electron chi connectivity index (χ1n) is 10.1. The zero-order valence-corrected chi connectivity index (χ0v) is 18.4. The van der Waals surface area contributed by atoms with Crippen molar-refractivity contribution in [1.29, 1.82) is 0 Å². The molecular formula is C23H27ClN6. The number of anilines is 5. The highest BCUT2D eigenvalue weighted by Gasteiger charge is 2.21. The summed E-state index contributed by atoms with van der Waals surface area (Å²) in [7, 11) is 4.00. The quantitative estimate of drug-likeness (QED) is 0.649. The Hall–Kier alpha value is -2.99. The van der Waals surface area contributed by atoms with Crippen molar-refractivity contribution in [3.05, 3.63) is 65.2 Å². The second kappa shape index (κ2) is 8.79. The largest absolute Gasteiger partial charge is 0.368 e. The van der Waals surface area contributed by atoms with E-state index in [1.165, 1.54) is 5.56 Å². The lowest BCUT2D eigenvalue weighted by Gasteiger charge is -2.36. The first kappa shape index (κ1) is 20.3.